The minimum Gasteiger partial charge on any atom is -0.477 e. The summed E-state index contributed by atoms with van der Waals surface area (Å²) in [7, 11) is 0. The van der Waals surface area contributed by atoms with Crippen LogP contribution in [-0.2, 0) is 9.47 Å². The van der Waals surface area contributed by atoms with Crippen molar-refractivity contribution in [2.45, 2.75) is 40.2 Å². The number of aromatic nitrogens is 2. The van der Waals surface area contributed by atoms with Crippen molar-refractivity contribution >= 4 is 18.0 Å². The number of carbonyl (C=O) groups excluding carboxylic acids is 2. The van der Waals surface area contributed by atoms with Crippen molar-refractivity contribution in [1.29, 1.82) is 0 Å². The Morgan fingerprint density at radius 3 is 2.33 bits per heavy atom. The summed E-state index contributed by atoms with van der Waals surface area (Å²) in [6.07, 6.45) is 1.10. The van der Waals surface area contributed by atoms with Crippen LogP contribution in [0.5, 0.6) is 5.88 Å². The predicted octanol–water partition coefficient (Wildman–Crippen LogP) is 2.11. The maximum atomic E-state index is 12.2. The molecule has 0 unspecified atom stereocenters. The second-order valence-electron chi connectivity index (χ2n) is 7.00. The lowest BCUT2D eigenvalue weighted by molar-refractivity contribution is 0.0239. The van der Waals surface area contributed by atoms with E-state index in [1.165, 1.54) is 6.20 Å². The molecule has 0 atom stereocenters. The minimum atomic E-state index is -0.521. The number of amides is 1. The van der Waals surface area contributed by atoms with Gasteiger partial charge in [0, 0.05) is 26.2 Å². The van der Waals surface area contributed by atoms with Crippen molar-refractivity contribution in [2.24, 2.45) is 0 Å². The summed E-state index contributed by atoms with van der Waals surface area (Å²) in [6, 6.07) is 0. The van der Waals surface area contributed by atoms with Crippen molar-refractivity contribution in [3.05, 3.63) is 11.8 Å². The van der Waals surface area contributed by atoms with Crippen molar-refractivity contribution in [3.63, 3.8) is 0 Å². The largest absolute Gasteiger partial charge is 0.477 e. The molecule has 0 spiro atoms. The van der Waals surface area contributed by atoms with E-state index >= 15 is 0 Å². The van der Waals surface area contributed by atoms with E-state index in [4.69, 9.17) is 14.2 Å². The Morgan fingerprint density at radius 1 is 1.11 bits per heavy atom. The van der Waals surface area contributed by atoms with Gasteiger partial charge in [0.1, 0.15) is 11.2 Å². The van der Waals surface area contributed by atoms with Gasteiger partial charge >= 0.3 is 12.1 Å². The molecule has 1 aromatic heterocycles. The van der Waals surface area contributed by atoms with Crippen molar-refractivity contribution in [1.82, 2.24) is 14.9 Å². The summed E-state index contributed by atoms with van der Waals surface area (Å²) in [5, 5.41) is 0. The highest BCUT2D eigenvalue weighted by Crippen LogP contribution is 2.21. The molecular weight excluding hydrogens is 352 g/mol. The highest BCUT2D eigenvalue weighted by Gasteiger charge is 2.27. The van der Waals surface area contributed by atoms with Crippen LogP contribution in [0.4, 0.5) is 10.7 Å². The van der Waals surface area contributed by atoms with E-state index in [0.717, 1.165) is 0 Å². The summed E-state index contributed by atoms with van der Waals surface area (Å²) < 4.78 is 15.9. The molecule has 1 amide bonds. The van der Waals surface area contributed by atoms with Gasteiger partial charge in [0.05, 0.1) is 19.4 Å². The van der Waals surface area contributed by atoms with E-state index in [1.54, 1.807) is 11.8 Å². The van der Waals surface area contributed by atoms with E-state index in [9.17, 15) is 9.59 Å². The number of anilines is 1. The lowest BCUT2D eigenvalue weighted by atomic mass is 10.2. The average molecular weight is 380 g/mol. The Morgan fingerprint density at radius 2 is 1.78 bits per heavy atom. The number of piperazine rings is 1. The van der Waals surface area contributed by atoms with Gasteiger partial charge in [-0.2, -0.15) is 4.98 Å². The van der Waals surface area contributed by atoms with Gasteiger partial charge in [0.15, 0.2) is 0 Å². The summed E-state index contributed by atoms with van der Waals surface area (Å²) in [6.45, 7) is 11.8. The predicted molar refractivity (Wildman–Crippen MR) is 99.2 cm³/mol. The van der Waals surface area contributed by atoms with E-state index in [-0.39, 0.29) is 24.1 Å². The summed E-state index contributed by atoms with van der Waals surface area (Å²) in [5.74, 6) is 0.146. The molecule has 0 radical (unpaired) electrons. The van der Waals surface area contributed by atoms with Crippen LogP contribution in [0.1, 0.15) is 45.0 Å². The smallest absolute Gasteiger partial charge is 0.410 e. The number of rotatable bonds is 5. The van der Waals surface area contributed by atoms with Crippen LogP contribution < -0.4 is 9.64 Å². The van der Waals surface area contributed by atoms with E-state index < -0.39 is 11.6 Å². The normalized spacial score (nSPS) is 14.7. The van der Waals surface area contributed by atoms with Gasteiger partial charge in [0.25, 0.3) is 0 Å². The third kappa shape index (κ3) is 5.70. The van der Waals surface area contributed by atoms with Crippen LogP contribution in [0, 0.1) is 0 Å². The van der Waals surface area contributed by atoms with Crippen LogP contribution in [0.25, 0.3) is 0 Å². The standard InChI is InChI=1S/C18H28N4O5/c1-6-25-14-13(15(23)26-7-2)12-19-16(20-14)21-8-10-22(11-9-21)17(24)27-18(3,4)5/h12H,6-11H2,1-5H3. The first-order chi connectivity index (χ1) is 12.7. The third-order valence-electron chi connectivity index (χ3n) is 3.73. The molecule has 9 nitrogen and oxygen atoms in total. The Labute approximate surface area is 159 Å². The topological polar surface area (TPSA) is 94.1 Å². The lowest BCUT2D eigenvalue weighted by Gasteiger charge is -2.35. The molecule has 0 bridgehead atoms. The first-order valence-corrected chi connectivity index (χ1v) is 9.15. The maximum Gasteiger partial charge on any atom is 0.410 e. The van der Waals surface area contributed by atoms with Crippen molar-refractivity contribution in [2.75, 3.05) is 44.3 Å². The summed E-state index contributed by atoms with van der Waals surface area (Å²) in [4.78, 5) is 36.4. The Hall–Kier alpha value is -2.58. The van der Waals surface area contributed by atoms with Gasteiger partial charge < -0.3 is 24.0 Å². The fraction of sp³-hybridized carbons (Fsp3) is 0.667. The van der Waals surface area contributed by atoms with Crippen molar-refractivity contribution < 1.29 is 23.8 Å². The molecular formula is C18H28N4O5. The first-order valence-electron chi connectivity index (χ1n) is 9.15. The lowest BCUT2D eigenvalue weighted by Crippen LogP contribution is -2.50. The Balaban J connectivity index is 2.06. The zero-order valence-electron chi connectivity index (χ0n) is 16.7. The average Bonchev–Trinajstić information content (AvgIpc) is 2.61. The SMILES string of the molecule is CCOC(=O)c1cnc(N2CCN(C(=O)OC(C)(C)C)CC2)nc1OCC. The highest BCUT2D eigenvalue weighted by molar-refractivity contribution is 5.91. The van der Waals surface area contributed by atoms with Crippen LogP contribution in [0.15, 0.2) is 6.20 Å². The van der Waals surface area contributed by atoms with Crippen LogP contribution >= 0.6 is 0 Å². The van der Waals surface area contributed by atoms with E-state index in [1.807, 2.05) is 32.6 Å². The number of nitrogens with zero attached hydrogens (tertiary/aromatic N) is 4. The van der Waals surface area contributed by atoms with Gasteiger partial charge in [-0.1, -0.05) is 0 Å². The van der Waals surface area contributed by atoms with Crippen LogP contribution in [0.2, 0.25) is 0 Å². The molecule has 0 aliphatic carbocycles. The highest BCUT2D eigenvalue weighted by atomic mass is 16.6. The molecule has 0 aromatic carbocycles. The number of hydrogen-bond donors (Lipinski definition) is 0. The number of ether oxygens (including phenoxy) is 3. The zero-order valence-corrected chi connectivity index (χ0v) is 16.7. The second-order valence-corrected chi connectivity index (χ2v) is 7.00. The molecule has 2 rings (SSSR count). The number of hydrogen-bond acceptors (Lipinski definition) is 8. The van der Waals surface area contributed by atoms with Crippen LogP contribution in [-0.4, -0.2) is 71.9 Å². The molecule has 1 fully saturated rings. The Kier molecular flexibility index (Phi) is 6.81. The summed E-state index contributed by atoms with van der Waals surface area (Å²) in [5.41, 5.74) is -0.318. The van der Waals surface area contributed by atoms with Crippen LogP contribution in [0.3, 0.4) is 0 Å². The Bertz CT molecular complexity index is 666. The fourth-order valence-corrected chi connectivity index (χ4v) is 2.52. The van der Waals surface area contributed by atoms with Gasteiger partial charge in [-0.05, 0) is 34.6 Å². The second kappa shape index (κ2) is 8.88. The van der Waals surface area contributed by atoms with E-state index in [0.29, 0.717) is 38.7 Å². The van der Waals surface area contributed by atoms with Gasteiger partial charge in [-0.15, -0.1) is 0 Å². The maximum absolute atomic E-state index is 12.2. The zero-order chi connectivity index (χ0) is 20.0. The van der Waals surface area contributed by atoms with Crippen molar-refractivity contribution in [3.8, 4) is 5.88 Å². The number of esters is 1. The molecule has 0 N–H and O–H groups in total. The molecule has 9 heteroatoms. The van der Waals surface area contributed by atoms with Gasteiger partial charge in [-0.3, -0.25) is 0 Å². The molecule has 1 saturated heterocycles. The molecule has 1 aliphatic rings. The molecule has 27 heavy (non-hydrogen) atoms. The third-order valence-corrected chi connectivity index (χ3v) is 3.73. The molecule has 1 aliphatic heterocycles. The molecule has 150 valence electrons. The molecule has 0 saturated carbocycles. The number of carbonyl (C=O) groups is 2. The van der Waals surface area contributed by atoms with E-state index in [2.05, 4.69) is 9.97 Å². The molecule has 2 heterocycles. The van der Waals surface area contributed by atoms with Gasteiger partial charge in [-0.25, -0.2) is 14.6 Å². The quantitative estimate of drug-likeness (QED) is 0.717. The first kappa shape index (κ1) is 20.7. The monoisotopic (exact) mass is 380 g/mol. The van der Waals surface area contributed by atoms with Gasteiger partial charge in [0.2, 0.25) is 11.8 Å². The fourth-order valence-electron chi connectivity index (χ4n) is 2.52. The molecule has 1 aromatic rings. The summed E-state index contributed by atoms with van der Waals surface area (Å²) >= 11 is 0. The minimum absolute atomic E-state index is 0.204.